The van der Waals surface area contributed by atoms with Crippen molar-refractivity contribution >= 4 is 34.4 Å². The molecule has 0 saturated carbocycles. The van der Waals surface area contributed by atoms with Crippen LogP contribution in [0.15, 0.2) is 53.6 Å². The van der Waals surface area contributed by atoms with E-state index >= 15 is 0 Å². The van der Waals surface area contributed by atoms with Gasteiger partial charge in [-0.3, -0.25) is 5.43 Å². The van der Waals surface area contributed by atoms with Gasteiger partial charge in [0, 0.05) is 35.2 Å². The molecule has 3 rings (SSSR count). The molecule has 6 heteroatoms. The van der Waals surface area contributed by atoms with Crippen molar-refractivity contribution in [1.29, 1.82) is 5.26 Å². The Morgan fingerprint density at radius 2 is 1.96 bits per heavy atom. The lowest BCUT2D eigenvalue weighted by atomic mass is 10.1. The summed E-state index contributed by atoms with van der Waals surface area (Å²) in [5, 5.41) is 18.3. The number of nitrogens with one attached hydrogen (secondary N) is 2. The number of rotatable bonds is 5. The van der Waals surface area contributed by atoms with E-state index in [1.807, 2.05) is 43.3 Å². The van der Waals surface area contributed by atoms with Crippen LogP contribution in [0, 0.1) is 18.3 Å². The molecular weight excluding hydrogens is 354 g/mol. The van der Waals surface area contributed by atoms with E-state index in [1.54, 1.807) is 6.21 Å². The summed E-state index contributed by atoms with van der Waals surface area (Å²) in [6.45, 7) is 5.43. The number of nitriles is 1. The molecule has 0 amide bonds. The molecule has 0 atom stereocenters. The third kappa shape index (κ3) is 3.99. The third-order valence-electron chi connectivity index (χ3n) is 4.44. The van der Waals surface area contributed by atoms with Crippen LogP contribution >= 0.6 is 12.2 Å². The molecule has 0 aliphatic carbocycles. The molecular formula is C21H21N5S. The van der Waals surface area contributed by atoms with Crippen LogP contribution in [0.2, 0.25) is 0 Å². The highest BCUT2D eigenvalue weighted by molar-refractivity contribution is 7.80. The highest BCUT2D eigenvalue weighted by atomic mass is 32.1. The molecule has 1 aromatic heterocycles. The Hall–Kier alpha value is -3.17. The highest BCUT2D eigenvalue weighted by Gasteiger charge is 2.13. The van der Waals surface area contributed by atoms with Crippen LogP contribution in [0.3, 0.4) is 0 Å². The van der Waals surface area contributed by atoms with E-state index < -0.39 is 0 Å². The lowest BCUT2D eigenvalue weighted by Gasteiger charge is -2.10. The van der Waals surface area contributed by atoms with E-state index in [-0.39, 0.29) is 0 Å². The molecule has 27 heavy (non-hydrogen) atoms. The summed E-state index contributed by atoms with van der Waals surface area (Å²) in [7, 11) is 0. The molecule has 2 N–H and O–H groups in total. The average Bonchev–Trinajstić information content (AvgIpc) is 2.94. The summed E-state index contributed by atoms with van der Waals surface area (Å²) in [6.07, 6.45) is 1.80. The zero-order chi connectivity index (χ0) is 19.2. The number of aromatic nitrogens is 1. The molecule has 3 aromatic rings. The van der Waals surface area contributed by atoms with Crippen LogP contribution in [-0.4, -0.2) is 22.4 Å². The second-order valence-electron chi connectivity index (χ2n) is 6.10. The van der Waals surface area contributed by atoms with E-state index in [1.165, 1.54) is 0 Å². The van der Waals surface area contributed by atoms with Crippen LogP contribution < -0.4 is 10.7 Å². The molecule has 0 fully saturated rings. The number of hydrazone groups is 1. The van der Waals surface area contributed by atoms with Crippen molar-refractivity contribution in [2.45, 2.75) is 20.4 Å². The number of para-hydroxylation sites is 1. The largest absolute Gasteiger partial charge is 0.362 e. The minimum atomic E-state index is 0.498. The van der Waals surface area contributed by atoms with Gasteiger partial charge in [-0.25, -0.2) is 0 Å². The summed E-state index contributed by atoms with van der Waals surface area (Å²) in [6, 6.07) is 18.2. The van der Waals surface area contributed by atoms with Gasteiger partial charge in [-0.05, 0) is 43.8 Å². The zero-order valence-electron chi connectivity index (χ0n) is 15.4. The fourth-order valence-electron chi connectivity index (χ4n) is 3.12. The predicted octanol–water partition coefficient (Wildman–Crippen LogP) is 3.69. The van der Waals surface area contributed by atoms with E-state index in [0.717, 1.165) is 34.3 Å². The van der Waals surface area contributed by atoms with Crippen LogP contribution in [0.1, 0.15) is 29.3 Å². The number of hydrogen-bond donors (Lipinski definition) is 2. The van der Waals surface area contributed by atoms with Gasteiger partial charge >= 0.3 is 0 Å². The summed E-state index contributed by atoms with van der Waals surface area (Å²) < 4.78 is 2.22. The van der Waals surface area contributed by atoms with Crippen molar-refractivity contribution < 1.29 is 0 Å². The lowest BCUT2D eigenvalue weighted by molar-refractivity contribution is 0.802. The summed E-state index contributed by atoms with van der Waals surface area (Å²) in [5.74, 6) is 0. The number of thiocarbonyl (C=S) groups is 1. The van der Waals surface area contributed by atoms with E-state index in [0.29, 0.717) is 17.2 Å². The van der Waals surface area contributed by atoms with Crippen LogP contribution in [0.5, 0.6) is 0 Å². The van der Waals surface area contributed by atoms with Crippen LogP contribution in [0.25, 0.3) is 10.9 Å². The number of fused-ring (bicyclic) bond motifs is 1. The second kappa shape index (κ2) is 8.47. The topological polar surface area (TPSA) is 65.1 Å². The van der Waals surface area contributed by atoms with Gasteiger partial charge in [0.25, 0.3) is 0 Å². The smallest absolute Gasteiger partial charge is 0.186 e. The van der Waals surface area contributed by atoms with Crippen molar-refractivity contribution in [3.8, 4) is 6.07 Å². The lowest BCUT2D eigenvalue weighted by Crippen LogP contribution is -2.31. The van der Waals surface area contributed by atoms with E-state index in [4.69, 9.17) is 12.2 Å². The quantitative estimate of drug-likeness (QED) is 0.406. The Labute approximate surface area is 164 Å². The van der Waals surface area contributed by atoms with Gasteiger partial charge in [0.2, 0.25) is 0 Å². The molecule has 0 saturated heterocycles. The molecule has 0 unspecified atom stereocenters. The molecule has 5 nitrogen and oxygen atoms in total. The zero-order valence-corrected chi connectivity index (χ0v) is 16.2. The van der Waals surface area contributed by atoms with Crippen molar-refractivity contribution in [2.24, 2.45) is 5.10 Å². The molecule has 1 heterocycles. The first kappa shape index (κ1) is 18.6. The minimum absolute atomic E-state index is 0.498. The Balaban J connectivity index is 2.00. The molecule has 136 valence electrons. The highest BCUT2D eigenvalue weighted by Crippen LogP contribution is 2.26. The summed E-state index contributed by atoms with van der Waals surface area (Å²) >= 11 is 5.15. The molecule has 0 aliphatic rings. The normalized spacial score (nSPS) is 10.9. The van der Waals surface area contributed by atoms with Gasteiger partial charge in [-0.1, -0.05) is 36.4 Å². The average molecular weight is 376 g/mol. The Bertz CT molecular complexity index is 1040. The monoisotopic (exact) mass is 375 g/mol. The van der Waals surface area contributed by atoms with Crippen molar-refractivity contribution in [3.63, 3.8) is 0 Å². The van der Waals surface area contributed by atoms with Gasteiger partial charge in [0.15, 0.2) is 5.11 Å². The fraction of sp³-hybridized carbons (Fsp3) is 0.190. The van der Waals surface area contributed by atoms with E-state index in [2.05, 4.69) is 45.5 Å². The van der Waals surface area contributed by atoms with Crippen molar-refractivity contribution in [2.75, 3.05) is 6.54 Å². The summed E-state index contributed by atoms with van der Waals surface area (Å²) in [4.78, 5) is 0. The van der Waals surface area contributed by atoms with Gasteiger partial charge in [0.1, 0.15) is 0 Å². The molecule has 0 radical (unpaired) electrons. The first-order chi connectivity index (χ1) is 13.2. The number of benzene rings is 2. The standard InChI is InChI=1S/C21H21N5S/c1-3-23-21(27)25-24-13-19-15(2)26(20-11-7-6-10-18(19)20)14-17-9-5-4-8-16(17)12-22/h4-11,13H,3,14H2,1-2H3,(H2,23,25,27)/b24-13-. The van der Waals surface area contributed by atoms with E-state index in [9.17, 15) is 5.26 Å². The maximum absolute atomic E-state index is 9.39. The SMILES string of the molecule is CCNC(=S)N/N=C\c1c(C)n(Cc2ccccc2C#N)c2ccccc12. The first-order valence-corrected chi connectivity index (χ1v) is 9.19. The Morgan fingerprint density at radius 1 is 1.22 bits per heavy atom. The molecule has 0 bridgehead atoms. The maximum atomic E-state index is 9.39. The predicted molar refractivity (Wildman–Crippen MR) is 114 cm³/mol. The Morgan fingerprint density at radius 3 is 2.74 bits per heavy atom. The minimum Gasteiger partial charge on any atom is -0.362 e. The maximum Gasteiger partial charge on any atom is 0.186 e. The second-order valence-corrected chi connectivity index (χ2v) is 6.51. The summed E-state index contributed by atoms with van der Waals surface area (Å²) in [5.41, 5.74) is 7.77. The third-order valence-corrected chi connectivity index (χ3v) is 4.68. The van der Waals surface area contributed by atoms with Crippen molar-refractivity contribution in [3.05, 3.63) is 70.9 Å². The molecule has 0 spiro atoms. The number of nitrogens with zero attached hydrogens (tertiary/aromatic N) is 3. The Kier molecular flexibility index (Phi) is 5.84. The van der Waals surface area contributed by atoms with Gasteiger partial charge in [-0.2, -0.15) is 10.4 Å². The van der Waals surface area contributed by atoms with Crippen LogP contribution in [0.4, 0.5) is 0 Å². The van der Waals surface area contributed by atoms with Gasteiger partial charge in [0.05, 0.1) is 17.8 Å². The van der Waals surface area contributed by atoms with Crippen LogP contribution in [-0.2, 0) is 6.54 Å². The molecule has 2 aromatic carbocycles. The van der Waals surface area contributed by atoms with Crippen molar-refractivity contribution in [1.82, 2.24) is 15.3 Å². The first-order valence-electron chi connectivity index (χ1n) is 8.78. The number of hydrogen-bond acceptors (Lipinski definition) is 3. The molecule has 0 aliphatic heterocycles. The fourth-order valence-corrected chi connectivity index (χ4v) is 3.31. The van der Waals surface area contributed by atoms with Gasteiger partial charge in [-0.15, -0.1) is 0 Å². The van der Waals surface area contributed by atoms with Gasteiger partial charge < -0.3 is 9.88 Å².